The van der Waals surface area contributed by atoms with Crippen molar-refractivity contribution in [1.82, 2.24) is 0 Å². The second-order valence-electron chi connectivity index (χ2n) is 4.52. The fourth-order valence-electron chi connectivity index (χ4n) is 2.02. The van der Waals surface area contributed by atoms with Gasteiger partial charge in [0.05, 0.1) is 0 Å². The maximum absolute atomic E-state index is 2.24. The number of benzene rings is 2. The zero-order valence-electron chi connectivity index (χ0n) is 18.7. The predicted octanol–water partition coefficient (Wildman–Crippen LogP) is 8.51. The topological polar surface area (TPSA) is 0 Å². The lowest BCUT2D eigenvalue weighted by Crippen LogP contribution is -1.90. The largest absolute Gasteiger partial charge is 0.0683 e. The molecule has 0 fully saturated rings. The van der Waals surface area contributed by atoms with E-state index in [1.165, 1.54) is 22.3 Å². The van der Waals surface area contributed by atoms with E-state index in [0.717, 1.165) is 19.3 Å². The first-order valence-electron chi connectivity index (χ1n) is 10.5. The minimum atomic E-state index is 1.04. The molecule has 0 saturated carbocycles. The van der Waals surface area contributed by atoms with E-state index < -0.39 is 0 Å². The summed E-state index contributed by atoms with van der Waals surface area (Å²) >= 11 is 0. The van der Waals surface area contributed by atoms with E-state index in [4.69, 9.17) is 0 Å². The van der Waals surface area contributed by atoms with Crippen molar-refractivity contribution in [2.24, 2.45) is 0 Å². The summed E-state index contributed by atoms with van der Waals surface area (Å²) in [5, 5.41) is 0. The molecule has 2 aromatic carbocycles. The fourth-order valence-corrected chi connectivity index (χ4v) is 2.02. The summed E-state index contributed by atoms with van der Waals surface area (Å²) in [5.74, 6) is 0. The van der Waals surface area contributed by atoms with Crippen LogP contribution in [0.15, 0.2) is 48.5 Å². The molecular formula is C25H44. The van der Waals surface area contributed by atoms with Gasteiger partial charge in [-0.3, -0.25) is 0 Å². The Morgan fingerprint density at radius 2 is 0.600 bits per heavy atom. The minimum absolute atomic E-state index is 1.04. The van der Waals surface area contributed by atoms with Crippen molar-refractivity contribution in [3.63, 3.8) is 0 Å². The molecule has 2 rings (SSSR count). The highest BCUT2D eigenvalue weighted by Gasteiger charge is 1.97. The number of rotatable bonds is 4. The van der Waals surface area contributed by atoms with Gasteiger partial charge in [0, 0.05) is 0 Å². The van der Waals surface area contributed by atoms with Gasteiger partial charge in [-0.1, -0.05) is 118 Å². The van der Waals surface area contributed by atoms with E-state index in [-0.39, 0.29) is 0 Å². The molecule has 0 aromatic heterocycles. The Labute approximate surface area is 159 Å². The third-order valence-corrected chi connectivity index (χ3v) is 3.27. The Morgan fingerprint density at radius 3 is 0.800 bits per heavy atom. The van der Waals surface area contributed by atoms with Crippen LogP contribution in [0.5, 0.6) is 0 Å². The van der Waals surface area contributed by atoms with E-state index in [1.807, 2.05) is 55.4 Å². The molecule has 0 aliphatic heterocycles. The summed E-state index contributed by atoms with van der Waals surface area (Å²) < 4.78 is 0. The van der Waals surface area contributed by atoms with Gasteiger partial charge >= 0.3 is 0 Å². The number of hydrogen-bond acceptors (Lipinski definition) is 0. The van der Waals surface area contributed by atoms with Crippen LogP contribution in [0.2, 0.25) is 0 Å². The smallest absolute Gasteiger partial charge is 0.00258 e. The van der Waals surface area contributed by atoms with Gasteiger partial charge in [-0.05, 0) is 41.5 Å². The van der Waals surface area contributed by atoms with Crippen LogP contribution in [-0.2, 0) is 19.3 Å². The van der Waals surface area contributed by atoms with Crippen LogP contribution in [0.1, 0.15) is 91.5 Å². The van der Waals surface area contributed by atoms with E-state index in [2.05, 4.69) is 62.4 Å². The zero-order valence-corrected chi connectivity index (χ0v) is 18.7. The summed E-state index contributed by atoms with van der Waals surface area (Å²) in [4.78, 5) is 0. The van der Waals surface area contributed by atoms with Gasteiger partial charge in [0.15, 0.2) is 0 Å². The van der Waals surface area contributed by atoms with Crippen molar-refractivity contribution >= 4 is 0 Å². The highest BCUT2D eigenvalue weighted by atomic mass is 14.0. The maximum Gasteiger partial charge on any atom is -0.00258 e. The molecule has 25 heavy (non-hydrogen) atoms. The van der Waals surface area contributed by atoms with Crippen LogP contribution >= 0.6 is 0 Å². The summed E-state index contributed by atoms with van der Waals surface area (Å²) in [5.41, 5.74) is 5.61. The van der Waals surface area contributed by atoms with Crippen molar-refractivity contribution in [1.29, 1.82) is 0 Å². The molecule has 0 atom stereocenters. The molecule has 0 bridgehead atoms. The van der Waals surface area contributed by atoms with Crippen LogP contribution in [0, 0.1) is 0 Å². The first-order valence-corrected chi connectivity index (χ1v) is 10.5. The second kappa shape index (κ2) is 22.4. The monoisotopic (exact) mass is 344 g/mol. The Bertz CT molecular complexity index is 403. The lowest BCUT2D eigenvalue weighted by Gasteiger charge is -2.04. The summed E-state index contributed by atoms with van der Waals surface area (Å²) in [6, 6.07) is 17.9. The summed E-state index contributed by atoms with van der Waals surface area (Å²) in [6.07, 6.45) is 3.27. The Morgan fingerprint density at radius 1 is 0.400 bits per heavy atom. The van der Waals surface area contributed by atoms with Crippen LogP contribution in [-0.4, -0.2) is 0 Å². The Kier molecular flexibility index (Phi) is 25.4. The van der Waals surface area contributed by atoms with E-state index >= 15 is 0 Å². The molecule has 0 N–H and O–H groups in total. The van der Waals surface area contributed by atoms with Crippen LogP contribution < -0.4 is 0 Å². The SMILES string of the molecule is CC.CC.CC.CC.CCc1ccc(Cc2ccc(CC)cc2)cc1. The minimum Gasteiger partial charge on any atom is -0.0683 e. The molecule has 0 unspecified atom stereocenters. The normalized spacial score (nSPS) is 8.08. The van der Waals surface area contributed by atoms with Gasteiger partial charge < -0.3 is 0 Å². The van der Waals surface area contributed by atoms with Gasteiger partial charge in [-0.2, -0.15) is 0 Å². The molecule has 0 amide bonds. The molecule has 0 heteroatoms. The molecule has 0 aliphatic carbocycles. The second-order valence-corrected chi connectivity index (χ2v) is 4.52. The summed E-state index contributed by atoms with van der Waals surface area (Å²) in [7, 11) is 0. The van der Waals surface area contributed by atoms with E-state index in [9.17, 15) is 0 Å². The van der Waals surface area contributed by atoms with E-state index in [0.29, 0.717) is 0 Å². The molecule has 144 valence electrons. The molecule has 0 nitrogen and oxygen atoms in total. The molecular weight excluding hydrogens is 300 g/mol. The van der Waals surface area contributed by atoms with Gasteiger partial charge in [0.25, 0.3) is 0 Å². The maximum atomic E-state index is 2.24. The van der Waals surface area contributed by atoms with Crippen molar-refractivity contribution in [3.05, 3.63) is 70.8 Å². The van der Waals surface area contributed by atoms with Gasteiger partial charge in [0.2, 0.25) is 0 Å². The van der Waals surface area contributed by atoms with Crippen molar-refractivity contribution in [2.45, 2.75) is 88.5 Å². The lowest BCUT2D eigenvalue weighted by molar-refractivity contribution is 1.11. The van der Waals surface area contributed by atoms with Gasteiger partial charge in [-0.15, -0.1) is 0 Å². The average molecular weight is 345 g/mol. The first kappa shape index (κ1) is 28.3. The first-order chi connectivity index (χ1) is 12.3. The van der Waals surface area contributed by atoms with Crippen LogP contribution in [0.25, 0.3) is 0 Å². The molecule has 0 aliphatic rings. The highest BCUT2D eigenvalue weighted by Crippen LogP contribution is 2.12. The number of hydrogen-bond donors (Lipinski definition) is 0. The predicted molar refractivity (Wildman–Crippen MR) is 120 cm³/mol. The average Bonchev–Trinajstić information content (AvgIpc) is 2.75. The fraction of sp³-hybridized carbons (Fsp3) is 0.520. The Balaban J connectivity index is -0.000000533. The van der Waals surface area contributed by atoms with Crippen molar-refractivity contribution < 1.29 is 0 Å². The van der Waals surface area contributed by atoms with Crippen molar-refractivity contribution in [3.8, 4) is 0 Å². The molecule has 2 aromatic rings. The van der Waals surface area contributed by atoms with Crippen LogP contribution in [0.3, 0.4) is 0 Å². The summed E-state index contributed by atoms with van der Waals surface area (Å²) in [6.45, 7) is 20.4. The third-order valence-electron chi connectivity index (χ3n) is 3.27. The Hall–Kier alpha value is -1.56. The van der Waals surface area contributed by atoms with Crippen LogP contribution in [0.4, 0.5) is 0 Å². The standard InChI is InChI=1S/C17H20.4C2H6/c1-3-14-5-9-16(10-6-14)13-17-11-7-15(4-2)8-12-17;4*1-2/h5-12H,3-4,13H2,1-2H3;4*1-2H3. The lowest BCUT2D eigenvalue weighted by atomic mass is 10.0. The zero-order chi connectivity index (χ0) is 20.1. The van der Waals surface area contributed by atoms with Gasteiger partial charge in [0.1, 0.15) is 0 Å². The highest BCUT2D eigenvalue weighted by molar-refractivity contribution is 5.30. The van der Waals surface area contributed by atoms with Gasteiger partial charge in [-0.25, -0.2) is 0 Å². The number of aryl methyl sites for hydroxylation is 2. The quantitative estimate of drug-likeness (QED) is 0.521. The molecule has 0 saturated heterocycles. The molecule has 0 spiro atoms. The third kappa shape index (κ3) is 13.4. The van der Waals surface area contributed by atoms with E-state index in [1.54, 1.807) is 0 Å². The molecule has 0 heterocycles. The molecule has 0 radical (unpaired) electrons. The van der Waals surface area contributed by atoms with Crippen molar-refractivity contribution in [2.75, 3.05) is 0 Å².